The molecule has 0 saturated carbocycles. The van der Waals surface area contributed by atoms with Crippen LogP contribution in [0.2, 0.25) is 0 Å². The number of aliphatic hydroxyl groups excluding tert-OH is 1. The van der Waals surface area contributed by atoms with Crippen molar-refractivity contribution in [2.75, 3.05) is 26.7 Å². The van der Waals surface area contributed by atoms with Crippen LogP contribution in [0.25, 0.3) is 0 Å². The number of aliphatic hydroxyl groups is 1. The second kappa shape index (κ2) is 4.99. The van der Waals surface area contributed by atoms with Crippen LogP contribution in [-0.2, 0) is 11.3 Å². The van der Waals surface area contributed by atoms with E-state index in [9.17, 15) is 5.11 Å². The normalized spacial score (nSPS) is 24.6. The fraction of sp³-hybridized carbons (Fsp3) is 0.667. The number of hydrogen-bond donors (Lipinski definition) is 1. The summed E-state index contributed by atoms with van der Waals surface area (Å²) in [4.78, 5) is 2.28. The molecule has 90 valence electrons. The Morgan fingerprint density at radius 2 is 2.44 bits per heavy atom. The van der Waals surface area contributed by atoms with E-state index in [4.69, 9.17) is 4.74 Å². The molecule has 1 aliphatic rings. The lowest BCUT2D eigenvalue weighted by Gasteiger charge is -2.30. The van der Waals surface area contributed by atoms with Crippen LogP contribution in [0.5, 0.6) is 0 Å². The minimum atomic E-state index is -0.420. The summed E-state index contributed by atoms with van der Waals surface area (Å²) >= 11 is 0. The van der Waals surface area contributed by atoms with E-state index in [0.717, 1.165) is 31.9 Å². The summed E-state index contributed by atoms with van der Waals surface area (Å²) in [5.41, 5.74) is 0.955. The third kappa shape index (κ3) is 2.64. The molecule has 0 spiro atoms. The van der Waals surface area contributed by atoms with Gasteiger partial charge in [-0.05, 0) is 26.1 Å². The highest BCUT2D eigenvalue weighted by Gasteiger charge is 2.19. The highest BCUT2D eigenvalue weighted by atomic mass is 16.5. The molecule has 2 rings (SSSR count). The monoisotopic (exact) mass is 224 g/mol. The molecule has 0 bridgehead atoms. The van der Waals surface area contributed by atoms with Gasteiger partial charge in [0.2, 0.25) is 0 Å². The molecular formula is C12H20N2O2. The Labute approximate surface area is 96.4 Å². The fourth-order valence-electron chi connectivity index (χ4n) is 2.17. The molecule has 0 aliphatic carbocycles. The van der Waals surface area contributed by atoms with Gasteiger partial charge in [-0.25, -0.2) is 0 Å². The topological polar surface area (TPSA) is 37.6 Å². The van der Waals surface area contributed by atoms with Crippen molar-refractivity contribution in [3.05, 3.63) is 24.0 Å². The predicted molar refractivity (Wildman–Crippen MR) is 62.3 cm³/mol. The lowest BCUT2D eigenvalue weighted by Crippen LogP contribution is -2.42. The second-order valence-electron chi connectivity index (χ2n) is 4.52. The van der Waals surface area contributed by atoms with Gasteiger partial charge in [0, 0.05) is 31.5 Å². The largest absolute Gasteiger partial charge is 0.387 e. The van der Waals surface area contributed by atoms with E-state index in [1.165, 1.54) is 0 Å². The van der Waals surface area contributed by atoms with E-state index >= 15 is 0 Å². The molecule has 4 heteroatoms. The van der Waals surface area contributed by atoms with Crippen LogP contribution in [0, 0.1) is 0 Å². The van der Waals surface area contributed by atoms with Crippen molar-refractivity contribution >= 4 is 0 Å². The molecular weight excluding hydrogens is 204 g/mol. The second-order valence-corrected chi connectivity index (χ2v) is 4.52. The molecule has 1 aliphatic heterocycles. The summed E-state index contributed by atoms with van der Waals surface area (Å²) in [6.07, 6.45) is 1.81. The van der Waals surface area contributed by atoms with Crippen LogP contribution in [0.1, 0.15) is 18.7 Å². The quantitative estimate of drug-likeness (QED) is 0.828. The van der Waals surface area contributed by atoms with Crippen molar-refractivity contribution in [2.45, 2.75) is 25.7 Å². The van der Waals surface area contributed by atoms with Gasteiger partial charge in [0.15, 0.2) is 0 Å². The van der Waals surface area contributed by atoms with Gasteiger partial charge in [-0.3, -0.25) is 0 Å². The maximum absolute atomic E-state index is 9.60. The van der Waals surface area contributed by atoms with Gasteiger partial charge in [0.1, 0.15) is 0 Å². The third-order valence-electron chi connectivity index (χ3n) is 3.03. The zero-order chi connectivity index (χ0) is 11.5. The van der Waals surface area contributed by atoms with E-state index in [2.05, 4.69) is 16.5 Å². The molecule has 2 unspecified atom stereocenters. The third-order valence-corrected chi connectivity index (χ3v) is 3.03. The number of likely N-dealkylation sites (N-methyl/N-ethyl adjacent to an activating group) is 1. The van der Waals surface area contributed by atoms with Crippen molar-refractivity contribution in [1.29, 1.82) is 0 Å². The molecule has 16 heavy (non-hydrogen) atoms. The van der Waals surface area contributed by atoms with Gasteiger partial charge in [0.25, 0.3) is 0 Å². The molecule has 0 aromatic carbocycles. The standard InChI is InChI=1S/C12H20N2O2/c1-10(15)12-4-3-5-14(12)9-11-8-13(2)6-7-16-11/h3-5,10-11,15H,6-9H2,1-2H3. The molecule has 2 atom stereocenters. The Hall–Kier alpha value is -0.840. The molecule has 1 fully saturated rings. The first-order valence-electron chi connectivity index (χ1n) is 5.80. The maximum Gasteiger partial charge on any atom is 0.0911 e. The summed E-state index contributed by atoms with van der Waals surface area (Å²) in [5, 5.41) is 9.60. The van der Waals surface area contributed by atoms with Crippen LogP contribution >= 0.6 is 0 Å². The number of nitrogens with zero attached hydrogens (tertiary/aromatic N) is 2. The highest BCUT2D eigenvalue weighted by Crippen LogP contribution is 2.15. The van der Waals surface area contributed by atoms with Crippen molar-refractivity contribution in [1.82, 2.24) is 9.47 Å². The van der Waals surface area contributed by atoms with Gasteiger partial charge in [-0.2, -0.15) is 0 Å². The zero-order valence-electron chi connectivity index (χ0n) is 9.97. The highest BCUT2D eigenvalue weighted by molar-refractivity contribution is 5.09. The van der Waals surface area contributed by atoms with E-state index in [-0.39, 0.29) is 6.10 Å². The van der Waals surface area contributed by atoms with Crippen LogP contribution in [-0.4, -0.2) is 47.4 Å². The molecule has 1 saturated heterocycles. The summed E-state index contributed by atoms with van der Waals surface area (Å²) in [6.45, 7) is 5.37. The van der Waals surface area contributed by atoms with Crippen molar-refractivity contribution in [3.63, 3.8) is 0 Å². The minimum Gasteiger partial charge on any atom is -0.387 e. The summed E-state index contributed by atoms with van der Waals surface area (Å²) in [7, 11) is 2.11. The van der Waals surface area contributed by atoms with Gasteiger partial charge >= 0.3 is 0 Å². The minimum absolute atomic E-state index is 0.226. The molecule has 1 aromatic rings. The van der Waals surface area contributed by atoms with Crippen LogP contribution in [0.4, 0.5) is 0 Å². The number of hydrogen-bond acceptors (Lipinski definition) is 3. The summed E-state index contributed by atoms with van der Waals surface area (Å²) in [6, 6.07) is 3.92. The Balaban J connectivity index is 2.00. The van der Waals surface area contributed by atoms with Crippen LogP contribution in [0.15, 0.2) is 18.3 Å². The average molecular weight is 224 g/mol. The van der Waals surface area contributed by atoms with Crippen LogP contribution < -0.4 is 0 Å². The van der Waals surface area contributed by atoms with E-state index < -0.39 is 6.10 Å². The van der Waals surface area contributed by atoms with Gasteiger partial charge in [-0.15, -0.1) is 0 Å². The number of aromatic nitrogens is 1. The van der Waals surface area contributed by atoms with Crippen molar-refractivity contribution in [3.8, 4) is 0 Å². The number of morpholine rings is 1. The molecule has 0 amide bonds. The van der Waals surface area contributed by atoms with E-state index in [1.54, 1.807) is 6.92 Å². The van der Waals surface area contributed by atoms with Crippen molar-refractivity contribution in [2.24, 2.45) is 0 Å². The Kier molecular flexibility index (Phi) is 3.63. The van der Waals surface area contributed by atoms with E-state index in [1.807, 2.05) is 18.3 Å². The Morgan fingerprint density at radius 3 is 3.12 bits per heavy atom. The fourth-order valence-corrected chi connectivity index (χ4v) is 2.17. The summed E-state index contributed by atoms with van der Waals surface area (Å²) < 4.78 is 7.79. The van der Waals surface area contributed by atoms with Gasteiger partial charge in [-0.1, -0.05) is 0 Å². The average Bonchev–Trinajstić information content (AvgIpc) is 2.66. The Bertz CT molecular complexity index is 336. The molecule has 0 radical (unpaired) electrons. The van der Waals surface area contributed by atoms with E-state index in [0.29, 0.717) is 0 Å². The predicted octanol–water partition coefficient (Wildman–Crippen LogP) is 0.872. The van der Waals surface area contributed by atoms with Gasteiger partial charge < -0.3 is 19.3 Å². The first kappa shape index (κ1) is 11.6. The van der Waals surface area contributed by atoms with Crippen molar-refractivity contribution < 1.29 is 9.84 Å². The number of ether oxygens (including phenoxy) is 1. The molecule has 1 N–H and O–H groups in total. The first-order valence-corrected chi connectivity index (χ1v) is 5.80. The summed E-state index contributed by atoms with van der Waals surface area (Å²) in [5.74, 6) is 0. The molecule has 4 nitrogen and oxygen atoms in total. The SMILES string of the molecule is CC(O)c1cccn1CC1CN(C)CCO1. The lowest BCUT2D eigenvalue weighted by atomic mass is 10.2. The van der Waals surface area contributed by atoms with Crippen LogP contribution in [0.3, 0.4) is 0 Å². The molecule has 1 aromatic heterocycles. The zero-order valence-corrected chi connectivity index (χ0v) is 9.97. The number of rotatable bonds is 3. The smallest absolute Gasteiger partial charge is 0.0911 e. The maximum atomic E-state index is 9.60. The van der Waals surface area contributed by atoms with Gasteiger partial charge in [0.05, 0.1) is 18.8 Å². The molecule has 2 heterocycles. The lowest BCUT2D eigenvalue weighted by molar-refractivity contribution is -0.0283. The first-order chi connectivity index (χ1) is 7.66. The Morgan fingerprint density at radius 1 is 1.62 bits per heavy atom.